The zero-order valence-corrected chi connectivity index (χ0v) is 10.5. The van der Waals surface area contributed by atoms with Crippen molar-refractivity contribution in [2.75, 3.05) is 0 Å². The highest BCUT2D eigenvalue weighted by molar-refractivity contribution is 5.42. The number of ether oxygens (including phenoxy) is 1. The van der Waals surface area contributed by atoms with Gasteiger partial charge in [0.1, 0.15) is 5.75 Å². The zero-order chi connectivity index (χ0) is 13.3. The Kier molecular flexibility index (Phi) is 3.74. The average Bonchev–Trinajstić information content (AvgIpc) is 2.57. The molecule has 0 bridgehead atoms. The number of rotatable bonds is 0. The molecule has 1 heterocycles. The third-order valence-electron chi connectivity index (χ3n) is 2.68. The Balaban J connectivity index is 0.000000686. The number of hydrogen-bond acceptors (Lipinski definition) is 1. The van der Waals surface area contributed by atoms with Crippen molar-refractivity contribution in [3.05, 3.63) is 29.3 Å². The zero-order valence-electron chi connectivity index (χ0n) is 10.5. The second kappa shape index (κ2) is 4.59. The summed E-state index contributed by atoms with van der Waals surface area (Å²) in [4.78, 5) is 0. The van der Waals surface area contributed by atoms with Crippen LogP contribution in [0.15, 0.2) is 18.2 Å². The van der Waals surface area contributed by atoms with Gasteiger partial charge in [-0.15, -0.1) is 0 Å². The molecule has 1 aliphatic heterocycles. The van der Waals surface area contributed by atoms with Crippen LogP contribution in [0.5, 0.6) is 5.75 Å². The molecule has 0 spiro atoms. The summed E-state index contributed by atoms with van der Waals surface area (Å²) in [5.74, 6) is 0.348. The highest BCUT2D eigenvalue weighted by Gasteiger charge is 2.56. The van der Waals surface area contributed by atoms with Crippen molar-refractivity contribution >= 4 is 0 Å². The van der Waals surface area contributed by atoms with Crippen molar-refractivity contribution in [1.82, 2.24) is 0 Å². The van der Waals surface area contributed by atoms with Crippen molar-refractivity contribution in [2.24, 2.45) is 0 Å². The Labute approximate surface area is 99.6 Å². The molecule has 1 unspecified atom stereocenters. The van der Waals surface area contributed by atoms with Gasteiger partial charge >= 0.3 is 6.18 Å². The first-order valence-electron chi connectivity index (χ1n) is 5.67. The van der Waals surface area contributed by atoms with Gasteiger partial charge in [-0.1, -0.05) is 31.5 Å². The van der Waals surface area contributed by atoms with Crippen LogP contribution in [0, 0.1) is 6.92 Å². The van der Waals surface area contributed by atoms with Crippen LogP contribution in [0.3, 0.4) is 0 Å². The minimum atomic E-state index is -4.33. The van der Waals surface area contributed by atoms with Crippen molar-refractivity contribution in [1.29, 1.82) is 0 Å². The van der Waals surface area contributed by atoms with E-state index in [1.807, 2.05) is 20.8 Å². The SMILES string of the molecule is CC.Cc1ccc2c(c1)CC(C)(C(F)(F)F)O2. The van der Waals surface area contributed by atoms with E-state index in [4.69, 9.17) is 4.74 Å². The van der Waals surface area contributed by atoms with Crippen LogP contribution in [-0.4, -0.2) is 11.8 Å². The van der Waals surface area contributed by atoms with Gasteiger partial charge in [0.25, 0.3) is 0 Å². The summed E-state index contributed by atoms with van der Waals surface area (Å²) >= 11 is 0. The first-order chi connectivity index (χ1) is 7.82. The molecule has 2 rings (SSSR count). The van der Waals surface area contributed by atoms with E-state index in [1.165, 1.54) is 0 Å². The van der Waals surface area contributed by atoms with Gasteiger partial charge in [-0.3, -0.25) is 0 Å². The molecule has 1 aliphatic rings. The molecule has 0 fully saturated rings. The van der Waals surface area contributed by atoms with Crippen LogP contribution in [0.2, 0.25) is 0 Å². The van der Waals surface area contributed by atoms with Crippen molar-refractivity contribution in [3.63, 3.8) is 0 Å². The summed E-state index contributed by atoms with van der Waals surface area (Å²) in [6.07, 6.45) is -4.44. The fraction of sp³-hybridized carbons (Fsp3) is 0.538. The van der Waals surface area contributed by atoms with Gasteiger partial charge in [-0.25, -0.2) is 0 Å². The first-order valence-corrected chi connectivity index (χ1v) is 5.67. The van der Waals surface area contributed by atoms with Gasteiger partial charge in [-0.05, 0) is 25.5 Å². The fourth-order valence-electron chi connectivity index (χ4n) is 1.75. The van der Waals surface area contributed by atoms with Gasteiger partial charge in [0.05, 0.1) is 0 Å². The minimum absolute atomic E-state index is 0.104. The summed E-state index contributed by atoms with van der Waals surface area (Å²) in [5.41, 5.74) is -0.484. The monoisotopic (exact) mass is 246 g/mol. The summed E-state index contributed by atoms with van der Waals surface area (Å²) in [6.45, 7) is 6.94. The van der Waals surface area contributed by atoms with E-state index in [0.29, 0.717) is 11.3 Å². The first kappa shape index (κ1) is 13.9. The van der Waals surface area contributed by atoms with Gasteiger partial charge in [0.15, 0.2) is 0 Å². The lowest BCUT2D eigenvalue weighted by Crippen LogP contribution is -2.46. The predicted octanol–water partition coefficient (Wildman–Crippen LogP) is 4.28. The number of hydrogen-bond donors (Lipinski definition) is 0. The molecule has 0 saturated heterocycles. The Bertz CT molecular complexity index is 398. The lowest BCUT2D eigenvalue weighted by atomic mass is 9.98. The molecule has 1 aromatic carbocycles. The molecule has 0 radical (unpaired) electrons. The van der Waals surface area contributed by atoms with E-state index in [1.54, 1.807) is 18.2 Å². The van der Waals surface area contributed by atoms with Crippen molar-refractivity contribution in [3.8, 4) is 5.75 Å². The number of benzene rings is 1. The Morgan fingerprint density at radius 1 is 1.24 bits per heavy atom. The Hall–Kier alpha value is -1.19. The molecule has 1 atom stereocenters. The summed E-state index contributed by atoms with van der Waals surface area (Å²) < 4.78 is 43.0. The number of aryl methyl sites for hydroxylation is 1. The largest absolute Gasteiger partial charge is 0.477 e. The number of halogens is 3. The standard InChI is InChI=1S/C11H11F3O.C2H6/c1-7-3-4-9-8(5-7)6-10(2,15-9)11(12,13)14;1-2/h3-5H,6H2,1-2H3;1-2H3. The molecule has 0 aromatic heterocycles. The van der Waals surface area contributed by atoms with Crippen molar-refractivity contribution in [2.45, 2.75) is 45.9 Å². The van der Waals surface area contributed by atoms with Crippen LogP contribution in [-0.2, 0) is 6.42 Å². The normalized spacial score (nSPS) is 22.3. The van der Waals surface area contributed by atoms with Crippen LogP contribution in [0.4, 0.5) is 13.2 Å². The fourth-order valence-corrected chi connectivity index (χ4v) is 1.75. The maximum absolute atomic E-state index is 12.7. The third-order valence-corrected chi connectivity index (χ3v) is 2.68. The highest BCUT2D eigenvalue weighted by Crippen LogP contribution is 2.44. The molecule has 1 aromatic rings. The van der Waals surface area contributed by atoms with E-state index in [2.05, 4.69) is 0 Å². The molecule has 17 heavy (non-hydrogen) atoms. The quantitative estimate of drug-likeness (QED) is 0.664. The van der Waals surface area contributed by atoms with Gasteiger partial charge in [-0.2, -0.15) is 13.2 Å². The van der Waals surface area contributed by atoms with Crippen LogP contribution in [0.25, 0.3) is 0 Å². The summed E-state index contributed by atoms with van der Waals surface area (Å²) in [5, 5.41) is 0. The van der Waals surface area contributed by atoms with Gasteiger partial charge in [0, 0.05) is 6.42 Å². The smallest absolute Gasteiger partial charge is 0.428 e. The third kappa shape index (κ3) is 2.56. The molecular weight excluding hydrogens is 229 g/mol. The van der Waals surface area contributed by atoms with Gasteiger partial charge in [0.2, 0.25) is 5.60 Å². The summed E-state index contributed by atoms with van der Waals surface area (Å²) in [7, 11) is 0. The number of alkyl halides is 3. The maximum atomic E-state index is 12.7. The van der Waals surface area contributed by atoms with Crippen molar-refractivity contribution < 1.29 is 17.9 Å². The lowest BCUT2D eigenvalue weighted by Gasteiger charge is -2.26. The lowest BCUT2D eigenvalue weighted by molar-refractivity contribution is -0.235. The van der Waals surface area contributed by atoms with E-state index in [-0.39, 0.29) is 6.42 Å². The van der Waals surface area contributed by atoms with Crippen LogP contribution < -0.4 is 4.74 Å². The van der Waals surface area contributed by atoms with Crippen LogP contribution in [0.1, 0.15) is 31.9 Å². The highest BCUT2D eigenvalue weighted by atomic mass is 19.4. The maximum Gasteiger partial charge on any atom is 0.428 e. The predicted molar refractivity (Wildman–Crippen MR) is 61.3 cm³/mol. The topological polar surface area (TPSA) is 9.23 Å². The van der Waals surface area contributed by atoms with Crippen LogP contribution >= 0.6 is 0 Å². The molecule has 0 N–H and O–H groups in total. The second-order valence-corrected chi connectivity index (χ2v) is 4.12. The summed E-state index contributed by atoms with van der Waals surface area (Å²) in [6, 6.07) is 5.09. The van der Waals surface area contributed by atoms with E-state index < -0.39 is 11.8 Å². The molecule has 1 nitrogen and oxygen atoms in total. The second-order valence-electron chi connectivity index (χ2n) is 4.12. The van der Waals surface area contributed by atoms with Gasteiger partial charge < -0.3 is 4.74 Å². The Morgan fingerprint density at radius 2 is 1.82 bits per heavy atom. The Morgan fingerprint density at radius 3 is 2.35 bits per heavy atom. The molecule has 4 heteroatoms. The average molecular weight is 246 g/mol. The molecule has 0 amide bonds. The van der Waals surface area contributed by atoms with E-state index in [9.17, 15) is 13.2 Å². The molecule has 96 valence electrons. The van der Waals surface area contributed by atoms with E-state index in [0.717, 1.165) is 12.5 Å². The molecular formula is C13H17F3O. The molecule has 0 aliphatic carbocycles. The molecule has 0 saturated carbocycles. The minimum Gasteiger partial charge on any atom is -0.477 e. The number of fused-ring (bicyclic) bond motifs is 1. The van der Waals surface area contributed by atoms with E-state index >= 15 is 0 Å².